The van der Waals surface area contributed by atoms with Gasteiger partial charge in [-0.2, -0.15) is 4.98 Å². The van der Waals surface area contributed by atoms with Gasteiger partial charge < -0.3 is 19.1 Å². The quantitative estimate of drug-likeness (QED) is 0.453. The molecule has 0 aliphatic carbocycles. The smallest absolute Gasteiger partial charge is 0.337 e. The molecule has 4 rings (SSSR count). The monoisotopic (exact) mass is 436 g/mol. The van der Waals surface area contributed by atoms with Gasteiger partial charge in [-0.25, -0.2) is 4.79 Å². The fourth-order valence-electron chi connectivity index (χ4n) is 2.95. The van der Waals surface area contributed by atoms with Crippen molar-refractivity contribution in [2.24, 2.45) is 0 Å². The Kier molecular flexibility index (Phi) is 5.81. The Bertz CT molecular complexity index is 1210. The van der Waals surface area contributed by atoms with E-state index in [0.29, 0.717) is 33.7 Å². The van der Waals surface area contributed by atoms with Gasteiger partial charge in [-0.15, -0.1) is 0 Å². The molecule has 8 nitrogen and oxygen atoms in total. The van der Waals surface area contributed by atoms with E-state index in [1.165, 1.54) is 7.11 Å². The summed E-state index contributed by atoms with van der Waals surface area (Å²) in [5.41, 5.74) is 2.35. The minimum Gasteiger partial charge on any atom is -0.465 e. The van der Waals surface area contributed by atoms with E-state index in [1.807, 2.05) is 0 Å². The van der Waals surface area contributed by atoms with Crippen LogP contribution in [0.3, 0.4) is 0 Å². The van der Waals surface area contributed by atoms with E-state index < -0.39 is 5.97 Å². The average molecular weight is 437 g/mol. The molecule has 0 saturated carbocycles. The number of methoxy groups -OCH3 is 1. The summed E-state index contributed by atoms with van der Waals surface area (Å²) in [6.07, 6.45) is 1.75. The van der Waals surface area contributed by atoms with Crippen LogP contribution in [0, 0.1) is 0 Å². The molecule has 2 aromatic carbocycles. The normalized spacial score (nSPS) is 10.6. The summed E-state index contributed by atoms with van der Waals surface area (Å²) >= 11 is 5.92. The summed E-state index contributed by atoms with van der Waals surface area (Å²) < 4.78 is 11.8. The number of nitrogens with one attached hydrogen (secondary N) is 1. The number of nitrogens with zero attached hydrogens (tertiary/aromatic N) is 3. The van der Waals surface area contributed by atoms with E-state index in [4.69, 9.17) is 16.1 Å². The maximum Gasteiger partial charge on any atom is 0.337 e. The molecule has 0 saturated heterocycles. The van der Waals surface area contributed by atoms with Crippen molar-refractivity contribution in [2.45, 2.75) is 6.54 Å². The van der Waals surface area contributed by atoms with E-state index in [2.05, 4.69) is 20.2 Å². The summed E-state index contributed by atoms with van der Waals surface area (Å²) in [7, 11) is 1.31. The molecular formula is C22H17ClN4O4. The zero-order valence-corrected chi connectivity index (χ0v) is 17.2. The van der Waals surface area contributed by atoms with Crippen LogP contribution >= 0.6 is 11.6 Å². The Hall–Kier alpha value is -3.91. The number of hydrogen-bond donors (Lipinski definition) is 1. The van der Waals surface area contributed by atoms with E-state index in [0.717, 1.165) is 5.56 Å². The highest BCUT2D eigenvalue weighted by Gasteiger charge is 2.16. The molecule has 0 aliphatic heterocycles. The maximum absolute atomic E-state index is 12.5. The van der Waals surface area contributed by atoms with Crippen molar-refractivity contribution in [3.05, 3.63) is 77.4 Å². The summed E-state index contributed by atoms with van der Waals surface area (Å²) in [4.78, 5) is 28.4. The van der Waals surface area contributed by atoms with Crippen LogP contribution in [0.15, 0.2) is 71.4 Å². The van der Waals surface area contributed by atoms with Crippen LogP contribution in [0.5, 0.6) is 0 Å². The van der Waals surface area contributed by atoms with Crippen LogP contribution < -0.4 is 5.32 Å². The Morgan fingerprint density at radius 2 is 1.84 bits per heavy atom. The predicted octanol–water partition coefficient (Wildman–Crippen LogP) is 4.28. The molecule has 2 heterocycles. The highest BCUT2D eigenvalue weighted by Crippen LogP contribution is 2.24. The lowest BCUT2D eigenvalue weighted by atomic mass is 10.2. The number of esters is 1. The van der Waals surface area contributed by atoms with Gasteiger partial charge in [0.2, 0.25) is 11.7 Å². The number of amides is 1. The summed E-state index contributed by atoms with van der Waals surface area (Å²) in [5.74, 6) is 0.0350. The lowest BCUT2D eigenvalue weighted by Gasteiger charge is -2.08. The Balaban J connectivity index is 1.46. The average Bonchev–Trinajstić information content (AvgIpc) is 3.43. The number of carbonyl (C=O) groups is 2. The molecular weight excluding hydrogens is 420 g/mol. The van der Waals surface area contributed by atoms with Crippen LogP contribution in [0.2, 0.25) is 5.02 Å². The van der Waals surface area contributed by atoms with Crippen LogP contribution in [0.4, 0.5) is 5.69 Å². The molecule has 2 aromatic heterocycles. The summed E-state index contributed by atoms with van der Waals surface area (Å²) in [6, 6.07) is 17.1. The highest BCUT2D eigenvalue weighted by atomic mass is 35.5. The molecule has 0 bridgehead atoms. The molecule has 0 radical (unpaired) electrons. The second-order valence-electron chi connectivity index (χ2n) is 6.57. The lowest BCUT2D eigenvalue weighted by Crippen LogP contribution is -2.18. The first-order valence-electron chi connectivity index (χ1n) is 9.27. The molecule has 4 aromatic rings. The SMILES string of the molecule is COC(=O)c1ccc(NC(=O)Cn2cccc2-c2nc(-c3ccc(Cl)cc3)no2)cc1. The van der Waals surface area contributed by atoms with Crippen LogP contribution in [0.1, 0.15) is 10.4 Å². The maximum atomic E-state index is 12.5. The van der Waals surface area contributed by atoms with E-state index >= 15 is 0 Å². The highest BCUT2D eigenvalue weighted by molar-refractivity contribution is 6.30. The number of carbonyl (C=O) groups excluding carboxylic acids is 2. The molecule has 0 spiro atoms. The number of aromatic nitrogens is 3. The third kappa shape index (κ3) is 4.65. The molecule has 0 fully saturated rings. The minimum atomic E-state index is -0.438. The van der Waals surface area contributed by atoms with E-state index in [1.54, 1.807) is 71.4 Å². The molecule has 0 atom stereocenters. The minimum absolute atomic E-state index is 0.0414. The first kappa shape index (κ1) is 20.4. The van der Waals surface area contributed by atoms with Crippen molar-refractivity contribution in [1.29, 1.82) is 0 Å². The predicted molar refractivity (Wildman–Crippen MR) is 115 cm³/mol. The van der Waals surface area contributed by atoms with Crippen LogP contribution in [-0.2, 0) is 16.1 Å². The van der Waals surface area contributed by atoms with Gasteiger partial charge in [0, 0.05) is 22.5 Å². The van der Waals surface area contributed by atoms with Crippen LogP contribution in [-0.4, -0.2) is 33.7 Å². The number of anilines is 1. The van der Waals surface area contributed by atoms with Crippen molar-refractivity contribution < 1.29 is 18.8 Å². The largest absolute Gasteiger partial charge is 0.465 e. The zero-order chi connectivity index (χ0) is 21.8. The summed E-state index contributed by atoms with van der Waals surface area (Å²) in [6.45, 7) is 0.0414. The molecule has 9 heteroatoms. The molecule has 1 amide bonds. The van der Waals surface area contributed by atoms with Crippen molar-refractivity contribution in [3.63, 3.8) is 0 Å². The number of rotatable bonds is 6. The summed E-state index contributed by atoms with van der Waals surface area (Å²) in [5, 5.41) is 7.41. The lowest BCUT2D eigenvalue weighted by molar-refractivity contribution is -0.116. The van der Waals surface area contributed by atoms with Gasteiger partial charge in [0.25, 0.3) is 5.89 Å². The number of ether oxygens (including phenoxy) is 1. The Labute approximate surface area is 182 Å². The Morgan fingerprint density at radius 3 is 2.55 bits per heavy atom. The van der Waals surface area contributed by atoms with Crippen molar-refractivity contribution in [2.75, 3.05) is 12.4 Å². The van der Waals surface area contributed by atoms with Gasteiger partial charge >= 0.3 is 5.97 Å². The third-order valence-electron chi connectivity index (χ3n) is 4.48. The van der Waals surface area contributed by atoms with E-state index in [-0.39, 0.29) is 12.5 Å². The molecule has 31 heavy (non-hydrogen) atoms. The fraction of sp³-hybridized carbons (Fsp3) is 0.0909. The van der Waals surface area contributed by atoms with Gasteiger partial charge in [-0.05, 0) is 60.7 Å². The number of halogens is 1. The van der Waals surface area contributed by atoms with Crippen molar-refractivity contribution >= 4 is 29.2 Å². The van der Waals surface area contributed by atoms with Crippen molar-refractivity contribution in [3.8, 4) is 23.0 Å². The number of hydrogen-bond acceptors (Lipinski definition) is 6. The molecule has 156 valence electrons. The fourth-order valence-corrected chi connectivity index (χ4v) is 3.08. The van der Waals surface area contributed by atoms with Gasteiger partial charge in [-0.3, -0.25) is 4.79 Å². The van der Waals surface area contributed by atoms with E-state index in [9.17, 15) is 9.59 Å². The van der Waals surface area contributed by atoms with Gasteiger partial charge in [0.15, 0.2) is 0 Å². The standard InChI is InChI=1S/C22H17ClN4O4/c1-30-22(29)15-6-10-17(11-7-15)24-19(28)13-27-12-2-3-18(27)21-25-20(26-31-21)14-4-8-16(23)9-5-14/h2-12H,13H2,1H3,(H,24,28). The van der Waals surface area contributed by atoms with Gasteiger partial charge in [0.05, 0.1) is 12.7 Å². The van der Waals surface area contributed by atoms with Crippen LogP contribution in [0.25, 0.3) is 23.0 Å². The third-order valence-corrected chi connectivity index (χ3v) is 4.73. The first-order valence-corrected chi connectivity index (χ1v) is 9.64. The van der Waals surface area contributed by atoms with Gasteiger partial charge in [0.1, 0.15) is 12.2 Å². The van der Waals surface area contributed by atoms with Crippen molar-refractivity contribution in [1.82, 2.24) is 14.7 Å². The zero-order valence-electron chi connectivity index (χ0n) is 16.4. The molecule has 0 unspecified atom stereocenters. The van der Waals surface area contributed by atoms with Gasteiger partial charge in [-0.1, -0.05) is 16.8 Å². The molecule has 0 aliphatic rings. The second-order valence-corrected chi connectivity index (χ2v) is 7.00. The molecule has 1 N–H and O–H groups in total. The first-order chi connectivity index (χ1) is 15.0. The Morgan fingerprint density at radius 1 is 1.10 bits per heavy atom. The second kappa shape index (κ2) is 8.85. The topological polar surface area (TPSA) is 99.2 Å². The number of benzene rings is 2.